The Bertz CT molecular complexity index is 547. The first-order valence-corrected chi connectivity index (χ1v) is 6.03. The van der Waals surface area contributed by atoms with Crippen LogP contribution in [0.3, 0.4) is 0 Å². The van der Waals surface area contributed by atoms with Gasteiger partial charge < -0.3 is 5.43 Å². The highest BCUT2D eigenvalue weighted by atomic mass is 15.2. The summed E-state index contributed by atoms with van der Waals surface area (Å²) in [6.07, 6.45) is 2.24. The van der Waals surface area contributed by atoms with Gasteiger partial charge in [0.2, 0.25) is 0 Å². The number of nitrogens with one attached hydrogen (secondary N) is 1. The molecule has 3 heteroatoms. The SMILES string of the molecule is CCCc1ccc2nc(C)c(C)c(NN)c2c1. The van der Waals surface area contributed by atoms with Crippen LogP contribution in [0, 0.1) is 13.8 Å². The van der Waals surface area contributed by atoms with Crippen molar-refractivity contribution in [3.05, 3.63) is 35.0 Å². The van der Waals surface area contributed by atoms with Crippen molar-refractivity contribution in [2.45, 2.75) is 33.6 Å². The molecule has 1 aromatic heterocycles. The molecule has 0 saturated heterocycles. The lowest BCUT2D eigenvalue weighted by Gasteiger charge is -2.12. The highest BCUT2D eigenvalue weighted by Gasteiger charge is 2.08. The number of nitrogens with two attached hydrogens (primary N) is 1. The molecule has 0 spiro atoms. The molecule has 0 amide bonds. The van der Waals surface area contributed by atoms with Crippen molar-refractivity contribution >= 4 is 16.6 Å². The highest BCUT2D eigenvalue weighted by Crippen LogP contribution is 2.28. The van der Waals surface area contributed by atoms with E-state index in [-0.39, 0.29) is 0 Å². The van der Waals surface area contributed by atoms with Crippen LogP contribution in [0.4, 0.5) is 5.69 Å². The Kier molecular flexibility index (Phi) is 3.29. The quantitative estimate of drug-likeness (QED) is 0.628. The van der Waals surface area contributed by atoms with E-state index in [9.17, 15) is 0 Å². The lowest BCUT2D eigenvalue weighted by molar-refractivity contribution is 0.923. The average molecular weight is 229 g/mol. The molecule has 0 saturated carbocycles. The summed E-state index contributed by atoms with van der Waals surface area (Å²) in [7, 11) is 0. The van der Waals surface area contributed by atoms with Crippen molar-refractivity contribution < 1.29 is 0 Å². The maximum Gasteiger partial charge on any atom is 0.0726 e. The van der Waals surface area contributed by atoms with Crippen LogP contribution < -0.4 is 11.3 Å². The Morgan fingerprint density at radius 1 is 1.29 bits per heavy atom. The smallest absolute Gasteiger partial charge is 0.0726 e. The summed E-state index contributed by atoms with van der Waals surface area (Å²) in [5.41, 5.74) is 8.28. The lowest BCUT2D eigenvalue weighted by atomic mass is 10.0. The van der Waals surface area contributed by atoms with Gasteiger partial charge >= 0.3 is 0 Å². The van der Waals surface area contributed by atoms with Gasteiger partial charge in [-0.3, -0.25) is 10.8 Å². The van der Waals surface area contributed by atoms with E-state index < -0.39 is 0 Å². The van der Waals surface area contributed by atoms with Crippen LogP contribution in [0.25, 0.3) is 10.9 Å². The molecule has 90 valence electrons. The largest absolute Gasteiger partial charge is 0.323 e. The van der Waals surface area contributed by atoms with Gasteiger partial charge in [-0.15, -0.1) is 0 Å². The van der Waals surface area contributed by atoms with Gasteiger partial charge in [-0.2, -0.15) is 0 Å². The molecule has 1 aromatic carbocycles. The summed E-state index contributed by atoms with van der Waals surface area (Å²) in [6, 6.07) is 6.41. The Morgan fingerprint density at radius 3 is 2.71 bits per heavy atom. The molecule has 0 unspecified atom stereocenters. The van der Waals surface area contributed by atoms with E-state index in [0.29, 0.717) is 0 Å². The fraction of sp³-hybridized carbons (Fsp3) is 0.357. The lowest BCUT2D eigenvalue weighted by Crippen LogP contribution is -2.10. The van der Waals surface area contributed by atoms with Gasteiger partial charge in [-0.05, 0) is 43.5 Å². The topological polar surface area (TPSA) is 50.9 Å². The van der Waals surface area contributed by atoms with Gasteiger partial charge in [-0.1, -0.05) is 19.4 Å². The molecule has 0 bridgehead atoms. The molecule has 1 heterocycles. The van der Waals surface area contributed by atoms with E-state index in [1.165, 1.54) is 5.56 Å². The number of rotatable bonds is 3. The first-order chi connectivity index (χ1) is 8.17. The van der Waals surface area contributed by atoms with Gasteiger partial charge in [0.1, 0.15) is 0 Å². The number of nitrogen functional groups attached to an aromatic ring is 1. The van der Waals surface area contributed by atoms with Crippen molar-refractivity contribution in [3.8, 4) is 0 Å². The second-order valence-corrected chi connectivity index (χ2v) is 4.44. The van der Waals surface area contributed by atoms with Crippen LogP contribution in [0.2, 0.25) is 0 Å². The third kappa shape index (κ3) is 2.11. The van der Waals surface area contributed by atoms with Gasteiger partial charge in [0.15, 0.2) is 0 Å². The third-order valence-electron chi connectivity index (χ3n) is 3.22. The Balaban J connectivity index is 2.70. The van der Waals surface area contributed by atoms with Gasteiger partial charge in [0.05, 0.1) is 11.2 Å². The first kappa shape index (κ1) is 11.9. The van der Waals surface area contributed by atoms with E-state index in [4.69, 9.17) is 5.84 Å². The molecule has 0 radical (unpaired) electrons. The summed E-state index contributed by atoms with van der Waals surface area (Å²) in [6.45, 7) is 6.24. The molecule has 0 aliphatic carbocycles. The molecule has 17 heavy (non-hydrogen) atoms. The summed E-state index contributed by atoms with van der Waals surface area (Å²) >= 11 is 0. The monoisotopic (exact) mass is 229 g/mol. The standard InChI is InChI=1S/C14H19N3/c1-4-5-11-6-7-13-12(8-11)14(17-15)9(2)10(3)16-13/h6-8H,4-5,15H2,1-3H3,(H,16,17). The van der Waals surface area contributed by atoms with Crippen molar-refractivity contribution in [3.63, 3.8) is 0 Å². The molecular weight excluding hydrogens is 210 g/mol. The predicted octanol–water partition coefficient (Wildman–Crippen LogP) is 3.09. The zero-order valence-electron chi connectivity index (χ0n) is 10.7. The minimum absolute atomic E-state index is 0.991. The Hall–Kier alpha value is -1.61. The number of fused-ring (bicyclic) bond motifs is 1. The van der Waals surface area contributed by atoms with E-state index in [2.05, 4.69) is 35.5 Å². The summed E-state index contributed by atoms with van der Waals surface area (Å²) < 4.78 is 0. The van der Waals surface area contributed by atoms with E-state index in [1.807, 2.05) is 13.8 Å². The van der Waals surface area contributed by atoms with Crippen LogP contribution >= 0.6 is 0 Å². The van der Waals surface area contributed by atoms with Crippen LogP contribution in [0.1, 0.15) is 30.2 Å². The number of aryl methyl sites for hydroxylation is 2. The molecular formula is C14H19N3. The average Bonchev–Trinajstić information content (AvgIpc) is 2.32. The summed E-state index contributed by atoms with van der Waals surface area (Å²) in [4.78, 5) is 4.59. The van der Waals surface area contributed by atoms with Crippen molar-refractivity contribution in [1.82, 2.24) is 4.98 Å². The highest BCUT2D eigenvalue weighted by molar-refractivity contribution is 5.93. The number of hydrogen-bond donors (Lipinski definition) is 2. The van der Waals surface area contributed by atoms with Crippen LogP contribution in [0.15, 0.2) is 18.2 Å². The first-order valence-electron chi connectivity index (χ1n) is 6.03. The normalized spacial score (nSPS) is 10.8. The molecule has 0 atom stereocenters. The van der Waals surface area contributed by atoms with Crippen molar-refractivity contribution in [1.29, 1.82) is 0 Å². The summed E-state index contributed by atoms with van der Waals surface area (Å²) in [5, 5.41) is 1.11. The molecule has 0 aliphatic heterocycles. The minimum atomic E-state index is 0.991. The zero-order valence-corrected chi connectivity index (χ0v) is 10.7. The van der Waals surface area contributed by atoms with Gasteiger partial charge in [0.25, 0.3) is 0 Å². The Morgan fingerprint density at radius 2 is 2.06 bits per heavy atom. The molecule has 3 N–H and O–H groups in total. The van der Waals surface area contributed by atoms with Gasteiger partial charge in [0, 0.05) is 11.1 Å². The number of benzene rings is 1. The fourth-order valence-electron chi connectivity index (χ4n) is 2.16. The van der Waals surface area contributed by atoms with Crippen LogP contribution in [-0.2, 0) is 6.42 Å². The molecule has 2 rings (SSSR count). The van der Waals surface area contributed by atoms with Crippen molar-refractivity contribution in [2.75, 3.05) is 5.43 Å². The predicted molar refractivity (Wildman–Crippen MR) is 73.0 cm³/mol. The maximum absolute atomic E-state index is 5.63. The number of anilines is 1. The van der Waals surface area contributed by atoms with Gasteiger partial charge in [-0.25, -0.2) is 0 Å². The molecule has 0 fully saturated rings. The fourth-order valence-corrected chi connectivity index (χ4v) is 2.16. The molecule has 0 aliphatic rings. The number of nitrogens with zero attached hydrogens (tertiary/aromatic N) is 1. The third-order valence-corrected chi connectivity index (χ3v) is 3.22. The second kappa shape index (κ2) is 4.72. The molecule has 2 aromatic rings. The summed E-state index contributed by atoms with van der Waals surface area (Å²) in [5.74, 6) is 5.63. The molecule has 3 nitrogen and oxygen atoms in total. The van der Waals surface area contributed by atoms with Crippen LogP contribution in [-0.4, -0.2) is 4.98 Å². The number of pyridine rings is 1. The minimum Gasteiger partial charge on any atom is -0.323 e. The number of hydrazine groups is 1. The maximum atomic E-state index is 5.63. The number of hydrogen-bond acceptors (Lipinski definition) is 3. The zero-order chi connectivity index (χ0) is 12.4. The van der Waals surface area contributed by atoms with E-state index in [1.54, 1.807) is 0 Å². The van der Waals surface area contributed by atoms with E-state index >= 15 is 0 Å². The van der Waals surface area contributed by atoms with E-state index in [0.717, 1.165) is 40.7 Å². The van der Waals surface area contributed by atoms with Crippen molar-refractivity contribution in [2.24, 2.45) is 5.84 Å². The number of aromatic nitrogens is 1. The van der Waals surface area contributed by atoms with Crippen LogP contribution in [0.5, 0.6) is 0 Å². The second-order valence-electron chi connectivity index (χ2n) is 4.44. The Labute approximate surface area is 102 Å².